The van der Waals surface area contributed by atoms with E-state index in [4.69, 9.17) is 17.0 Å². The zero-order valence-electron chi connectivity index (χ0n) is 13.7. The third kappa shape index (κ3) is 4.80. The molecule has 1 aromatic carbocycles. The van der Waals surface area contributed by atoms with Gasteiger partial charge in [0, 0.05) is 12.1 Å². The molecule has 6 heteroatoms. The Kier molecular flexibility index (Phi) is 6.62. The minimum absolute atomic E-state index is 0.00921. The average molecular weight is 351 g/mol. The van der Waals surface area contributed by atoms with E-state index >= 15 is 0 Å². The van der Waals surface area contributed by atoms with Gasteiger partial charge in [-0.1, -0.05) is 42.2 Å². The SMILES string of the molecule is CCOc1ccccc1C=C1SC(=S)N(CCCN(C)C)C1=O. The van der Waals surface area contributed by atoms with Crippen molar-refractivity contribution in [2.45, 2.75) is 13.3 Å². The number of carbonyl (C=O) groups excluding carboxylic acids is 1. The standard InChI is InChI=1S/C17H22N2O2S2/c1-4-21-14-9-6-5-8-13(14)12-15-16(20)19(17(22)23-15)11-7-10-18(2)3/h5-6,8-9,12H,4,7,10-11H2,1-3H3. The van der Waals surface area contributed by atoms with Crippen LogP contribution in [0.5, 0.6) is 5.75 Å². The van der Waals surface area contributed by atoms with Crippen LogP contribution >= 0.6 is 24.0 Å². The van der Waals surface area contributed by atoms with Crippen LogP contribution in [-0.2, 0) is 4.79 Å². The Labute approximate surface area is 147 Å². The Morgan fingerprint density at radius 1 is 1.35 bits per heavy atom. The molecule has 0 unspecified atom stereocenters. The summed E-state index contributed by atoms with van der Waals surface area (Å²) < 4.78 is 6.24. The first kappa shape index (κ1) is 18.0. The van der Waals surface area contributed by atoms with Gasteiger partial charge in [0.1, 0.15) is 10.1 Å². The number of hydrogen-bond donors (Lipinski definition) is 0. The molecule has 1 aromatic rings. The van der Waals surface area contributed by atoms with Gasteiger partial charge in [0.05, 0.1) is 11.5 Å². The maximum absolute atomic E-state index is 12.6. The number of thioether (sulfide) groups is 1. The van der Waals surface area contributed by atoms with Gasteiger partial charge in [-0.15, -0.1) is 0 Å². The van der Waals surface area contributed by atoms with Crippen LogP contribution in [-0.4, -0.2) is 53.8 Å². The quantitative estimate of drug-likeness (QED) is 0.557. The summed E-state index contributed by atoms with van der Waals surface area (Å²) in [7, 11) is 4.05. The molecule has 0 saturated carbocycles. The van der Waals surface area contributed by atoms with Crippen molar-refractivity contribution in [1.29, 1.82) is 0 Å². The molecular formula is C17H22N2O2S2. The third-order valence-electron chi connectivity index (χ3n) is 3.37. The first-order valence-corrected chi connectivity index (χ1v) is 8.87. The van der Waals surface area contributed by atoms with Crippen molar-refractivity contribution in [3.8, 4) is 5.75 Å². The average Bonchev–Trinajstić information content (AvgIpc) is 2.76. The van der Waals surface area contributed by atoms with Gasteiger partial charge >= 0.3 is 0 Å². The van der Waals surface area contributed by atoms with Gasteiger partial charge in [0.25, 0.3) is 5.91 Å². The minimum Gasteiger partial charge on any atom is -0.493 e. The molecule has 1 heterocycles. The minimum atomic E-state index is -0.00921. The number of benzene rings is 1. The summed E-state index contributed by atoms with van der Waals surface area (Å²) in [5.41, 5.74) is 0.906. The van der Waals surface area contributed by atoms with Gasteiger partial charge < -0.3 is 9.64 Å². The van der Waals surface area contributed by atoms with Crippen molar-refractivity contribution in [2.75, 3.05) is 33.8 Å². The summed E-state index contributed by atoms with van der Waals surface area (Å²) in [6.45, 7) is 4.13. The van der Waals surface area contributed by atoms with Gasteiger partial charge in [0.15, 0.2) is 0 Å². The van der Waals surface area contributed by atoms with Crippen LogP contribution in [0.15, 0.2) is 29.2 Å². The molecule has 1 amide bonds. The van der Waals surface area contributed by atoms with E-state index in [0.717, 1.165) is 24.3 Å². The number of thiocarbonyl (C=S) groups is 1. The highest BCUT2D eigenvalue weighted by Crippen LogP contribution is 2.34. The third-order valence-corrected chi connectivity index (χ3v) is 4.74. The first-order chi connectivity index (χ1) is 11.0. The number of ether oxygens (including phenoxy) is 1. The molecule has 0 bridgehead atoms. The van der Waals surface area contributed by atoms with Gasteiger partial charge in [0.2, 0.25) is 0 Å². The molecule has 0 radical (unpaired) electrons. The topological polar surface area (TPSA) is 32.8 Å². The number of nitrogens with zero attached hydrogens (tertiary/aromatic N) is 2. The molecule has 1 aliphatic rings. The highest BCUT2D eigenvalue weighted by Gasteiger charge is 2.31. The van der Waals surface area contributed by atoms with Crippen LogP contribution in [0, 0.1) is 0 Å². The second kappa shape index (κ2) is 8.47. The highest BCUT2D eigenvalue weighted by molar-refractivity contribution is 8.26. The van der Waals surface area contributed by atoms with Crippen LogP contribution < -0.4 is 4.74 Å². The predicted molar refractivity (Wildman–Crippen MR) is 101 cm³/mol. The second-order valence-electron chi connectivity index (χ2n) is 5.46. The number of amides is 1. The van der Waals surface area contributed by atoms with Crippen LogP contribution in [0.2, 0.25) is 0 Å². The molecule has 0 aromatic heterocycles. The van der Waals surface area contributed by atoms with Crippen LogP contribution in [0.4, 0.5) is 0 Å². The lowest BCUT2D eigenvalue weighted by molar-refractivity contribution is -0.122. The Morgan fingerprint density at radius 2 is 2.09 bits per heavy atom. The molecule has 0 atom stereocenters. The lowest BCUT2D eigenvalue weighted by Gasteiger charge is -2.16. The summed E-state index contributed by atoms with van der Waals surface area (Å²) in [6.07, 6.45) is 2.78. The number of rotatable bonds is 7. The molecule has 0 N–H and O–H groups in total. The first-order valence-electron chi connectivity index (χ1n) is 7.65. The smallest absolute Gasteiger partial charge is 0.266 e. The fourth-order valence-electron chi connectivity index (χ4n) is 2.27. The number of para-hydroxylation sites is 1. The predicted octanol–water partition coefficient (Wildman–Crippen LogP) is 3.24. The van der Waals surface area contributed by atoms with Crippen molar-refractivity contribution >= 4 is 40.3 Å². The van der Waals surface area contributed by atoms with Crippen molar-refractivity contribution in [3.63, 3.8) is 0 Å². The highest BCUT2D eigenvalue weighted by atomic mass is 32.2. The lowest BCUT2D eigenvalue weighted by atomic mass is 10.2. The summed E-state index contributed by atoms with van der Waals surface area (Å²) in [5.74, 6) is 0.776. The Balaban J connectivity index is 2.12. The molecule has 0 spiro atoms. The van der Waals surface area contributed by atoms with Crippen molar-refractivity contribution < 1.29 is 9.53 Å². The maximum atomic E-state index is 12.6. The molecule has 1 saturated heterocycles. The largest absolute Gasteiger partial charge is 0.493 e. The molecule has 1 fully saturated rings. The Bertz CT molecular complexity index is 614. The molecule has 23 heavy (non-hydrogen) atoms. The van der Waals surface area contributed by atoms with Crippen LogP contribution in [0.1, 0.15) is 18.9 Å². The van der Waals surface area contributed by atoms with Crippen molar-refractivity contribution in [3.05, 3.63) is 34.7 Å². The monoisotopic (exact) mass is 350 g/mol. The van der Waals surface area contributed by atoms with Crippen LogP contribution in [0.25, 0.3) is 6.08 Å². The Hall–Kier alpha value is -1.37. The molecule has 1 aliphatic heterocycles. The van der Waals surface area contributed by atoms with Gasteiger partial charge in [-0.3, -0.25) is 9.69 Å². The van der Waals surface area contributed by atoms with Gasteiger partial charge in [-0.2, -0.15) is 0 Å². The fraction of sp³-hybridized carbons (Fsp3) is 0.412. The normalized spacial score (nSPS) is 16.7. The summed E-state index contributed by atoms with van der Waals surface area (Å²) in [4.78, 5) is 17.0. The number of carbonyl (C=O) groups is 1. The van der Waals surface area contributed by atoms with E-state index in [2.05, 4.69) is 4.90 Å². The van der Waals surface area contributed by atoms with E-state index < -0.39 is 0 Å². The summed E-state index contributed by atoms with van der Waals surface area (Å²) in [6, 6.07) is 7.72. The zero-order chi connectivity index (χ0) is 16.8. The van der Waals surface area contributed by atoms with E-state index in [0.29, 0.717) is 22.4 Å². The molecular weight excluding hydrogens is 328 g/mol. The summed E-state index contributed by atoms with van der Waals surface area (Å²) in [5, 5.41) is 0. The van der Waals surface area contributed by atoms with Crippen LogP contribution in [0.3, 0.4) is 0 Å². The molecule has 124 valence electrons. The van der Waals surface area contributed by atoms with E-state index in [9.17, 15) is 4.79 Å². The van der Waals surface area contributed by atoms with Crippen molar-refractivity contribution in [2.24, 2.45) is 0 Å². The summed E-state index contributed by atoms with van der Waals surface area (Å²) >= 11 is 6.72. The number of hydrogen-bond acceptors (Lipinski definition) is 5. The van der Waals surface area contributed by atoms with Crippen molar-refractivity contribution in [1.82, 2.24) is 9.80 Å². The van der Waals surface area contributed by atoms with E-state index in [1.807, 2.05) is 51.4 Å². The van der Waals surface area contributed by atoms with Gasteiger partial charge in [-0.25, -0.2) is 0 Å². The zero-order valence-corrected chi connectivity index (χ0v) is 15.4. The van der Waals surface area contributed by atoms with Gasteiger partial charge in [-0.05, 0) is 46.1 Å². The van der Waals surface area contributed by atoms with E-state index in [1.54, 1.807) is 4.90 Å². The maximum Gasteiger partial charge on any atom is 0.266 e. The Morgan fingerprint density at radius 3 is 2.78 bits per heavy atom. The second-order valence-corrected chi connectivity index (χ2v) is 7.14. The molecule has 0 aliphatic carbocycles. The molecule has 2 rings (SSSR count). The molecule has 4 nitrogen and oxygen atoms in total. The fourth-order valence-corrected chi connectivity index (χ4v) is 3.57. The lowest BCUT2D eigenvalue weighted by Crippen LogP contribution is -2.30. The van der Waals surface area contributed by atoms with E-state index in [-0.39, 0.29) is 5.91 Å². The van der Waals surface area contributed by atoms with E-state index in [1.165, 1.54) is 11.8 Å².